The van der Waals surface area contributed by atoms with Gasteiger partial charge in [0.05, 0.1) is 6.61 Å². The summed E-state index contributed by atoms with van der Waals surface area (Å²) in [5.41, 5.74) is 5.70. The molecule has 0 heterocycles. The van der Waals surface area contributed by atoms with E-state index >= 15 is 0 Å². The zero-order valence-corrected chi connectivity index (χ0v) is 12.1. The van der Waals surface area contributed by atoms with Crippen LogP contribution in [-0.4, -0.2) is 22.4 Å². The van der Waals surface area contributed by atoms with Gasteiger partial charge in [0.15, 0.2) is 0 Å². The van der Waals surface area contributed by atoms with E-state index in [0.717, 1.165) is 16.7 Å². The molecule has 1 atom stereocenters. The Kier molecular flexibility index (Phi) is 4.21. The standard InChI is InChI=1S/C16H22O2/c1-10-11(2)13(4)15(14(5)12(10)3)7-8-16(6,18)9-17/h17-18H,9H2,1-6H3/t16-/m0/s1. The molecule has 0 aliphatic rings. The van der Waals surface area contributed by atoms with Crippen LogP contribution in [0.4, 0.5) is 0 Å². The predicted octanol–water partition coefficient (Wildman–Crippen LogP) is 2.32. The number of benzene rings is 1. The molecule has 0 saturated heterocycles. The number of aliphatic hydroxyl groups excluding tert-OH is 1. The third-order valence-electron chi connectivity index (χ3n) is 3.76. The van der Waals surface area contributed by atoms with E-state index in [2.05, 4.69) is 32.6 Å². The van der Waals surface area contributed by atoms with E-state index in [-0.39, 0.29) is 6.61 Å². The van der Waals surface area contributed by atoms with Gasteiger partial charge in [0.2, 0.25) is 0 Å². The largest absolute Gasteiger partial charge is 0.392 e. The van der Waals surface area contributed by atoms with Crippen molar-refractivity contribution in [2.45, 2.75) is 47.1 Å². The highest BCUT2D eigenvalue weighted by Gasteiger charge is 2.15. The topological polar surface area (TPSA) is 40.5 Å². The third-order valence-corrected chi connectivity index (χ3v) is 3.76. The highest BCUT2D eigenvalue weighted by atomic mass is 16.3. The van der Waals surface area contributed by atoms with E-state index in [1.54, 1.807) is 0 Å². The highest BCUT2D eigenvalue weighted by Crippen LogP contribution is 2.25. The summed E-state index contributed by atoms with van der Waals surface area (Å²) < 4.78 is 0. The molecule has 0 radical (unpaired) electrons. The average Bonchev–Trinajstić information content (AvgIpc) is 2.34. The number of aliphatic hydroxyl groups is 2. The van der Waals surface area contributed by atoms with Gasteiger partial charge in [-0.15, -0.1) is 0 Å². The average molecular weight is 246 g/mol. The van der Waals surface area contributed by atoms with Crippen LogP contribution in [0.3, 0.4) is 0 Å². The maximum atomic E-state index is 9.74. The lowest BCUT2D eigenvalue weighted by Crippen LogP contribution is -2.26. The molecule has 2 N–H and O–H groups in total. The van der Waals surface area contributed by atoms with Crippen LogP contribution >= 0.6 is 0 Å². The molecule has 0 unspecified atom stereocenters. The van der Waals surface area contributed by atoms with Crippen molar-refractivity contribution in [3.05, 3.63) is 33.4 Å². The zero-order valence-electron chi connectivity index (χ0n) is 12.1. The second kappa shape index (κ2) is 5.14. The Bertz CT molecular complexity index is 499. The van der Waals surface area contributed by atoms with Gasteiger partial charge in [-0.05, 0) is 69.4 Å². The van der Waals surface area contributed by atoms with Crippen molar-refractivity contribution in [2.75, 3.05) is 6.61 Å². The summed E-state index contributed by atoms with van der Waals surface area (Å²) in [6.45, 7) is 11.5. The van der Waals surface area contributed by atoms with Crippen LogP contribution in [0.5, 0.6) is 0 Å². The quantitative estimate of drug-likeness (QED) is 0.747. The van der Waals surface area contributed by atoms with Crippen LogP contribution in [0.2, 0.25) is 0 Å². The Labute approximate surface area is 110 Å². The first kappa shape index (κ1) is 14.8. The minimum atomic E-state index is -1.34. The molecule has 2 nitrogen and oxygen atoms in total. The van der Waals surface area contributed by atoms with E-state index in [9.17, 15) is 5.11 Å². The Balaban J connectivity index is 3.44. The molecule has 98 valence electrons. The van der Waals surface area contributed by atoms with Gasteiger partial charge in [0.25, 0.3) is 0 Å². The molecule has 0 aliphatic carbocycles. The molecular formula is C16H22O2. The summed E-state index contributed by atoms with van der Waals surface area (Å²) in [7, 11) is 0. The molecule has 1 aromatic carbocycles. The summed E-state index contributed by atoms with van der Waals surface area (Å²) in [6.07, 6.45) is 0. The predicted molar refractivity (Wildman–Crippen MR) is 74.7 cm³/mol. The lowest BCUT2D eigenvalue weighted by atomic mass is 9.89. The van der Waals surface area contributed by atoms with Gasteiger partial charge >= 0.3 is 0 Å². The summed E-state index contributed by atoms with van der Waals surface area (Å²) in [6, 6.07) is 0. The molecule has 2 heteroatoms. The van der Waals surface area contributed by atoms with Gasteiger partial charge in [-0.3, -0.25) is 0 Å². The lowest BCUT2D eigenvalue weighted by molar-refractivity contribution is 0.0519. The molecule has 1 rings (SSSR count). The molecule has 0 spiro atoms. The molecule has 0 amide bonds. The molecule has 1 aromatic rings. The summed E-state index contributed by atoms with van der Waals surface area (Å²) in [4.78, 5) is 0. The smallest absolute Gasteiger partial charge is 0.145 e. The van der Waals surface area contributed by atoms with E-state index in [0.29, 0.717) is 0 Å². The Morgan fingerprint density at radius 2 is 1.28 bits per heavy atom. The van der Waals surface area contributed by atoms with Gasteiger partial charge in [0.1, 0.15) is 5.60 Å². The van der Waals surface area contributed by atoms with Gasteiger partial charge in [-0.2, -0.15) is 0 Å². The number of hydrogen-bond donors (Lipinski definition) is 2. The SMILES string of the molecule is Cc1c(C)c(C)c(C#C[C@](C)(O)CO)c(C)c1C. The van der Waals surface area contributed by atoms with Gasteiger partial charge < -0.3 is 10.2 Å². The van der Waals surface area contributed by atoms with Crippen LogP contribution in [0.1, 0.15) is 40.3 Å². The van der Waals surface area contributed by atoms with Gasteiger partial charge in [0, 0.05) is 5.56 Å². The first-order valence-corrected chi connectivity index (χ1v) is 6.14. The van der Waals surface area contributed by atoms with Crippen molar-refractivity contribution in [3.63, 3.8) is 0 Å². The monoisotopic (exact) mass is 246 g/mol. The highest BCUT2D eigenvalue weighted by molar-refractivity contribution is 5.56. The maximum Gasteiger partial charge on any atom is 0.145 e. The normalized spacial score (nSPS) is 13.8. The van der Waals surface area contributed by atoms with E-state index in [1.807, 2.05) is 13.8 Å². The van der Waals surface area contributed by atoms with Crippen LogP contribution in [-0.2, 0) is 0 Å². The maximum absolute atomic E-state index is 9.74. The Morgan fingerprint density at radius 3 is 1.67 bits per heavy atom. The van der Waals surface area contributed by atoms with Crippen LogP contribution in [0, 0.1) is 46.5 Å². The molecule has 0 fully saturated rings. The molecular weight excluding hydrogens is 224 g/mol. The van der Waals surface area contributed by atoms with Crippen molar-refractivity contribution in [1.29, 1.82) is 0 Å². The van der Waals surface area contributed by atoms with E-state index in [1.165, 1.54) is 23.6 Å². The fourth-order valence-electron chi connectivity index (χ4n) is 1.92. The molecule has 0 saturated carbocycles. The van der Waals surface area contributed by atoms with Crippen LogP contribution in [0.15, 0.2) is 0 Å². The Hall–Kier alpha value is -1.30. The first-order chi connectivity index (χ1) is 8.21. The second-order valence-corrected chi connectivity index (χ2v) is 5.18. The van der Waals surface area contributed by atoms with Crippen molar-refractivity contribution in [3.8, 4) is 11.8 Å². The minimum absolute atomic E-state index is 0.359. The van der Waals surface area contributed by atoms with Crippen LogP contribution < -0.4 is 0 Å². The third kappa shape index (κ3) is 2.75. The van der Waals surface area contributed by atoms with Gasteiger partial charge in [-0.1, -0.05) is 11.8 Å². The Morgan fingerprint density at radius 1 is 0.889 bits per heavy atom. The van der Waals surface area contributed by atoms with Crippen molar-refractivity contribution in [1.82, 2.24) is 0 Å². The fraction of sp³-hybridized carbons (Fsp3) is 0.500. The van der Waals surface area contributed by atoms with E-state index < -0.39 is 5.60 Å². The number of rotatable bonds is 1. The zero-order chi connectivity index (χ0) is 14.1. The lowest BCUT2D eigenvalue weighted by Gasteiger charge is -2.16. The number of hydrogen-bond acceptors (Lipinski definition) is 2. The molecule has 0 aliphatic heterocycles. The molecule has 0 bridgehead atoms. The second-order valence-electron chi connectivity index (χ2n) is 5.18. The van der Waals surface area contributed by atoms with E-state index in [4.69, 9.17) is 5.11 Å². The summed E-state index contributed by atoms with van der Waals surface area (Å²) in [5.74, 6) is 5.76. The first-order valence-electron chi connectivity index (χ1n) is 6.14. The molecule has 18 heavy (non-hydrogen) atoms. The summed E-state index contributed by atoms with van der Waals surface area (Å²) in [5, 5.41) is 18.7. The summed E-state index contributed by atoms with van der Waals surface area (Å²) >= 11 is 0. The van der Waals surface area contributed by atoms with Crippen molar-refractivity contribution >= 4 is 0 Å². The van der Waals surface area contributed by atoms with Crippen LogP contribution in [0.25, 0.3) is 0 Å². The van der Waals surface area contributed by atoms with Crippen molar-refractivity contribution in [2.24, 2.45) is 0 Å². The van der Waals surface area contributed by atoms with Crippen molar-refractivity contribution < 1.29 is 10.2 Å². The fourth-order valence-corrected chi connectivity index (χ4v) is 1.92. The minimum Gasteiger partial charge on any atom is -0.392 e. The molecule has 0 aromatic heterocycles. The van der Waals surface area contributed by atoms with Gasteiger partial charge in [-0.25, -0.2) is 0 Å².